The summed E-state index contributed by atoms with van der Waals surface area (Å²) in [6, 6.07) is 8.83. The van der Waals surface area contributed by atoms with Crippen molar-refractivity contribution in [2.24, 2.45) is 0 Å². The van der Waals surface area contributed by atoms with Gasteiger partial charge in [-0.05, 0) is 48.5 Å². The molecule has 1 unspecified atom stereocenters. The Morgan fingerprint density at radius 2 is 1.62 bits per heavy atom. The molecule has 0 aliphatic carbocycles. The lowest BCUT2D eigenvalue weighted by atomic mass is 9.97. The number of hydrogen-bond acceptors (Lipinski definition) is 1. The van der Waals surface area contributed by atoms with Crippen LogP contribution >= 0.6 is 15.9 Å². The molecule has 0 bridgehead atoms. The smallest absolute Gasteiger partial charge is 0.309 e. The van der Waals surface area contributed by atoms with E-state index in [0.717, 1.165) is 12.1 Å². The van der Waals surface area contributed by atoms with Gasteiger partial charge in [-0.25, -0.2) is 4.39 Å². The minimum Gasteiger partial charge on any atom is -0.309 e. The quantitative estimate of drug-likeness (QED) is 0.765. The molecule has 0 aliphatic rings. The van der Waals surface area contributed by atoms with Crippen LogP contribution in [0.25, 0.3) is 0 Å². The summed E-state index contributed by atoms with van der Waals surface area (Å²) in [6.07, 6.45) is -4.37. The van der Waals surface area contributed by atoms with Gasteiger partial charge in [0.05, 0.1) is 11.6 Å². The van der Waals surface area contributed by atoms with Crippen LogP contribution in [-0.2, 0) is 6.18 Å². The van der Waals surface area contributed by atoms with Crippen molar-refractivity contribution < 1.29 is 17.6 Å². The normalized spacial score (nSPS) is 13.2. The standard InChI is InChI=1S/C15H12BrF4N/c1-21-14(10-6-12(16)8-13(17)7-10)9-2-4-11(5-3-9)15(18,19)20/h2-8,14,21H,1H3. The second kappa shape index (κ2) is 6.15. The van der Waals surface area contributed by atoms with Crippen LogP contribution in [0.5, 0.6) is 0 Å². The molecule has 21 heavy (non-hydrogen) atoms. The Balaban J connectivity index is 2.37. The summed E-state index contributed by atoms with van der Waals surface area (Å²) in [6.45, 7) is 0. The predicted molar refractivity (Wildman–Crippen MR) is 76.4 cm³/mol. The number of hydrogen-bond donors (Lipinski definition) is 1. The molecule has 1 nitrogen and oxygen atoms in total. The summed E-state index contributed by atoms with van der Waals surface area (Å²) in [5.41, 5.74) is 0.550. The molecule has 0 saturated heterocycles. The molecule has 1 N–H and O–H groups in total. The van der Waals surface area contributed by atoms with Gasteiger partial charge < -0.3 is 5.32 Å². The van der Waals surface area contributed by atoms with E-state index in [0.29, 0.717) is 15.6 Å². The van der Waals surface area contributed by atoms with Gasteiger partial charge in [0, 0.05) is 4.47 Å². The zero-order chi connectivity index (χ0) is 15.6. The highest BCUT2D eigenvalue weighted by molar-refractivity contribution is 9.10. The summed E-state index contributed by atoms with van der Waals surface area (Å²) >= 11 is 3.20. The predicted octanol–water partition coefficient (Wildman–Crippen LogP) is 4.92. The number of benzene rings is 2. The van der Waals surface area contributed by atoms with Gasteiger partial charge in [-0.1, -0.05) is 28.1 Å². The molecular weight excluding hydrogens is 350 g/mol. The monoisotopic (exact) mass is 361 g/mol. The van der Waals surface area contributed by atoms with Crippen molar-refractivity contribution in [3.05, 3.63) is 69.4 Å². The fraction of sp³-hybridized carbons (Fsp3) is 0.200. The highest BCUT2D eigenvalue weighted by Gasteiger charge is 2.30. The van der Waals surface area contributed by atoms with Crippen LogP contribution in [0.1, 0.15) is 22.7 Å². The lowest BCUT2D eigenvalue weighted by Crippen LogP contribution is -2.18. The van der Waals surface area contributed by atoms with Crippen molar-refractivity contribution in [2.75, 3.05) is 7.05 Å². The molecular formula is C15H12BrF4N. The first-order valence-corrected chi connectivity index (χ1v) is 6.91. The third-order valence-electron chi connectivity index (χ3n) is 3.08. The van der Waals surface area contributed by atoms with Crippen LogP contribution in [0.4, 0.5) is 17.6 Å². The zero-order valence-corrected chi connectivity index (χ0v) is 12.6. The zero-order valence-electron chi connectivity index (χ0n) is 11.0. The van der Waals surface area contributed by atoms with Crippen LogP contribution in [0.3, 0.4) is 0 Å². The van der Waals surface area contributed by atoms with E-state index in [1.54, 1.807) is 13.1 Å². The summed E-state index contributed by atoms with van der Waals surface area (Å²) in [4.78, 5) is 0. The van der Waals surface area contributed by atoms with E-state index in [2.05, 4.69) is 21.2 Å². The molecule has 112 valence electrons. The summed E-state index contributed by atoms with van der Waals surface area (Å²) in [5, 5.41) is 2.98. The van der Waals surface area contributed by atoms with Crippen molar-refractivity contribution in [3.63, 3.8) is 0 Å². The second-order valence-corrected chi connectivity index (χ2v) is 5.46. The largest absolute Gasteiger partial charge is 0.416 e. The molecule has 0 amide bonds. The first-order valence-electron chi connectivity index (χ1n) is 6.11. The van der Waals surface area contributed by atoms with Gasteiger partial charge in [-0.3, -0.25) is 0 Å². The molecule has 2 rings (SSSR count). The molecule has 2 aromatic rings. The van der Waals surface area contributed by atoms with Crippen LogP contribution in [0.15, 0.2) is 46.9 Å². The molecule has 0 heterocycles. The van der Waals surface area contributed by atoms with Gasteiger partial charge in [0.1, 0.15) is 5.82 Å². The summed E-state index contributed by atoms with van der Waals surface area (Å²) < 4.78 is 51.7. The highest BCUT2D eigenvalue weighted by atomic mass is 79.9. The Bertz CT molecular complexity index is 602. The number of rotatable bonds is 3. The highest BCUT2D eigenvalue weighted by Crippen LogP contribution is 2.31. The topological polar surface area (TPSA) is 12.0 Å². The van der Waals surface area contributed by atoms with Crippen molar-refractivity contribution in [3.8, 4) is 0 Å². The minimum atomic E-state index is -4.37. The SMILES string of the molecule is CNC(c1ccc(C(F)(F)F)cc1)c1cc(F)cc(Br)c1. The van der Waals surface area contributed by atoms with E-state index in [9.17, 15) is 17.6 Å². The lowest BCUT2D eigenvalue weighted by Gasteiger charge is -2.18. The van der Waals surface area contributed by atoms with Crippen LogP contribution in [0.2, 0.25) is 0 Å². The molecule has 0 saturated carbocycles. The Labute approximate surface area is 128 Å². The van der Waals surface area contributed by atoms with E-state index >= 15 is 0 Å². The number of nitrogens with one attached hydrogen (secondary N) is 1. The molecule has 1 atom stereocenters. The maximum Gasteiger partial charge on any atom is 0.416 e. The van der Waals surface area contributed by atoms with E-state index < -0.39 is 17.6 Å². The fourth-order valence-electron chi connectivity index (χ4n) is 2.13. The van der Waals surface area contributed by atoms with Crippen LogP contribution in [0, 0.1) is 5.82 Å². The van der Waals surface area contributed by atoms with Gasteiger partial charge >= 0.3 is 6.18 Å². The van der Waals surface area contributed by atoms with Crippen LogP contribution < -0.4 is 5.32 Å². The maximum atomic E-state index is 13.5. The Morgan fingerprint density at radius 1 is 1.00 bits per heavy atom. The average molecular weight is 362 g/mol. The maximum absolute atomic E-state index is 13.5. The Morgan fingerprint density at radius 3 is 2.10 bits per heavy atom. The van der Waals surface area contributed by atoms with Crippen LogP contribution in [-0.4, -0.2) is 7.05 Å². The second-order valence-electron chi connectivity index (χ2n) is 4.54. The minimum absolute atomic E-state index is 0.390. The number of halogens is 5. The Kier molecular flexibility index (Phi) is 4.68. The van der Waals surface area contributed by atoms with Gasteiger partial charge in [0.2, 0.25) is 0 Å². The van der Waals surface area contributed by atoms with Gasteiger partial charge in [-0.15, -0.1) is 0 Å². The lowest BCUT2D eigenvalue weighted by molar-refractivity contribution is -0.137. The molecule has 0 aromatic heterocycles. The van der Waals surface area contributed by atoms with Crippen molar-refractivity contribution >= 4 is 15.9 Å². The van der Waals surface area contributed by atoms with Gasteiger partial charge in [0.15, 0.2) is 0 Å². The van der Waals surface area contributed by atoms with Gasteiger partial charge in [0.25, 0.3) is 0 Å². The first kappa shape index (κ1) is 16.0. The molecule has 0 aliphatic heterocycles. The van der Waals surface area contributed by atoms with E-state index in [1.807, 2.05) is 0 Å². The molecule has 0 radical (unpaired) electrons. The third-order valence-corrected chi connectivity index (χ3v) is 3.54. The Hall–Kier alpha value is -1.40. The molecule has 6 heteroatoms. The van der Waals surface area contributed by atoms with Gasteiger partial charge in [-0.2, -0.15) is 13.2 Å². The molecule has 0 spiro atoms. The summed E-state index contributed by atoms with van der Waals surface area (Å²) in [7, 11) is 1.67. The van der Waals surface area contributed by atoms with Crippen molar-refractivity contribution in [2.45, 2.75) is 12.2 Å². The van der Waals surface area contributed by atoms with E-state index in [1.165, 1.54) is 24.3 Å². The van der Waals surface area contributed by atoms with E-state index in [4.69, 9.17) is 0 Å². The molecule has 2 aromatic carbocycles. The number of alkyl halides is 3. The molecule has 0 fully saturated rings. The summed E-state index contributed by atoms with van der Waals surface area (Å²) in [5.74, 6) is -0.411. The fourth-order valence-corrected chi connectivity index (χ4v) is 2.62. The third kappa shape index (κ3) is 3.83. The van der Waals surface area contributed by atoms with Crippen molar-refractivity contribution in [1.29, 1.82) is 0 Å². The van der Waals surface area contributed by atoms with E-state index in [-0.39, 0.29) is 6.04 Å². The average Bonchev–Trinajstić information content (AvgIpc) is 2.38. The van der Waals surface area contributed by atoms with Crippen molar-refractivity contribution in [1.82, 2.24) is 5.32 Å². The first-order chi connectivity index (χ1) is 9.81.